The van der Waals surface area contributed by atoms with E-state index in [4.69, 9.17) is 21.1 Å². The van der Waals surface area contributed by atoms with Crippen LogP contribution in [0.2, 0.25) is 5.02 Å². The zero-order chi connectivity index (χ0) is 21.6. The number of hydrogen-bond donors (Lipinski definition) is 1. The molecule has 156 valence electrons. The molecule has 0 saturated carbocycles. The van der Waals surface area contributed by atoms with Gasteiger partial charge >= 0.3 is 12.6 Å². The number of ether oxygens (including phenoxy) is 4. The summed E-state index contributed by atoms with van der Waals surface area (Å²) in [5, 5.41) is 2.41. The number of esters is 1. The lowest BCUT2D eigenvalue weighted by atomic mass is 10.1. The predicted molar refractivity (Wildman–Crippen MR) is 99.3 cm³/mol. The van der Waals surface area contributed by atoms with Crippen molar-refractivity contribution >= 4 is 29.2 Å². The number of carbonyl (C=O) groups excluding carboxylic acids is 2. The molecule has 1 amide bonds. The minimum absolute atomic E-state index is 0.0168. The number of carbonyl (C=O) groups is 2. The quantitative estimate of drug-likeness (QED) is 0.636. The normalized spacial score (nSPS) is 10.4. The number of hydrogen-bond acceptors (Lipinski definition) is 7. The molecule has 0 aliphatic heterocycles. The summed E-state index contributed by atoms with van der Waals surface area (Å²) in [5.41, 5.74) is -0.519. The highest BCUT2D eigenvalue weighted by atomic mass is 35.5. The van der Waals surface area contributed by atoms with Crippen LogP contribution >= 0.6 is 11.6 Å². The van der Waals surface area contributed by atoms with Crippen LogP contribution in [0, 0.1) is 0 Å². The molecule has 0 saturated heterocycles. The Hall–Kier alpha value is -3.14. The first-order valence-corrected chi connectivity index (χ1v) is 8.54. The first kappa shape index (κ1) is 22.2. The maximum absolute atomic E-state index is 12.7. The third-order valence-electron chi connectivity index (χ3n) is 3.50. The van der Waals surface area contributed by atoms with Gasteiger partial charge in [0.15, 0.2) is 17.2 Å². The summed E-state index contributed by atoms with van der Waals surface area (Å²) in [7, 11) is 2.32. The molecule has 1 aromatic carbocycles. The molecule has 1 aromatic heterocycles. The van der Waals surface area contributed by atoms with Crippen LogP contribution in [0.1, 0.15) is 27.8 Å². The minimum Gasteiger partial charge on any atom is -0.493 e. The van der Waals surface area contributed by atoms with E-state index in [0.29, 0.717) is 6.61 Å². The predicted octanol–water partition coefficient (Wildman–Crippen LogP) is 3.78. The van der Waals surface area contributed by atoms with Gasteiger partial charge in [0.25, 0.3) is 5.91 Å². The summed E-state index contributed by atoms with van der Waals surface area (Å²) in [5.74, 6) is -2.04. The summed E-state index contributed by atoms with van der Waals surface area (Å²) in [6.07, 6.45) is 0. The number of anilines is 1. The van der Waals surface area contributed by atoms with Crippen molar-refractivity contribution in [1.82, 2.24) is 4.98 Å². The van der Waals surface area contributed by atoms with Crippen molar-refractivity contribution in [1.29, 1.82) is 0 Å². The molecule has 0 radical (unpaired) electrons. The lowest BCUT2D eigenvalue weighted by Gasteiger charge is -2.16. The van der Waals surface area contributed by atoms with Gasteiger partial charge < -0.3 is 24.3 Å². The Kier molecular flexibility index (Phi) is 7.54. The van der Waals surface area contributed by atoms with E-state index in [1.54, 1.807) is 6.92 Å². The first-order valence-electron chi connectivity index (χ1n) is 8.16. The smallest absolute Gasteiger partial charge is 0.387 e. The van der Waals surface area contributed by atoms with Crippen molar-refractivity contribution in [2.45, 2.75) is 13.5 Å². The lowest BCUT2D eigenvalue weighted by molar-refractivity contribution is -0.0511. The van der Waals surface area contributed by atoms with E-state index in [2.05, 4.69) is 19.8 Å². The number of aromatic nitrogens is 1. The van der Waals surface area contributed by atoms with Crippen molar-refractivity contribution in [3.63, 3.8) is 0 Å². The average Bonchev–Trinajstić information content (AvgIpc) is 2.68. The van der Waals surface area contributed by atoms with E-state index in [1.807, 2.05) is 0 Å². The summed E-state index contributed by atoms with van der Waals surface area (Å²) in [6, 6.07) is 5.00. The number of benzene rings is 1. The zero-order valence-electron chi connectivity index (χ0n) is 15.6. The van der Waals surface area contributed by atoms with Gasteiger partial charge in [0, 0.05) is 18.2 Å². The van der Waals surface area contributed by atoms with Crippen LogP contribution in [-0.2, 0) is 4.74 Å². The number of rotatable bonds is 8. The highest BCUT2D eigenvalue weighted by molar-refractivity contribution is 6.34. The SMILES string of the molecule is CCOc1ccc(Cl)c(C(=O)Nc2cc(OC(F)F)c(OC)cc2C(=O)OC)n1. The van der Waals surface area contributed by atoms with Crippen molar-refractivity contribution in [2.24, 2.45) is 0 Å². The molecule has 0 atom stereocenters. The highest BCUT2D eigenvalue weighted by Crippen LogP contribution is 2.35. The first-order chi connectivity index (χ1) is 13.8. The number of pyridine rings is 1. The Morgan fingerprint density at radius 3 is 2.52 bits per heavy atom. The third kappa shape index (κ3) is 5.44. The van der Waals surface area contributed by atoms with E-state index in [9.17, 15) is 18.4 Å². The van der Waals surface area contributed by atoms with Crippen LogP contribution in [0.3, 0.4) is 0 Å². The molecule has 2 rings (SSSR count). The fourth-order valence-corrected chi connectivity index (χ4v) is 2.47. The molecule has 29 heavy (non-hydrogen) atoms. The number of nitrogens with zero attached hydrogens (tertiary/aromatic N) is 1. The van der Waals surface area contributed by atoms with E-state index in [1.165, 1.54) is 19.2 Å². The number of methoxy groups -OCH3 is 2. The molecule has 0 aliphatic rings. The van der Waals surface area contributed by atoms with Crippen molar-refractivity contribution < 1.29 is 37.3 Å². The topological polar surface area (TPSA) is 96.0 Å². The molecule has 0 bridgehead atoms. The second kappa shape index (κ2) is 9.87. The van der Waals surface area contributed by atoms with Gasteiger partial charge in [-0.05, 0) is 13.0 Å². The Balaban J connectivity index is 2.48. The van der Waals surface area contributed by atoms with E-state index >= 15 is 0 Å². The van der Waals surface area contributed by atoms with E-state index in [-0.39, 0.29) is 33.6 Å². The molecule has 0 fully saturated rings. The number of halogens is 3. The molecule has 2 aromatic rings. The highest BCUT2D eigenvalue weighted by Gasteiger charge is 2.23. The fourth-order valence-electron chi connectivity index (χ4n) is 2.28. The van der Waals surface area contributed by atoms with Gasteiger partial charge in [-0.3, -0.25) is 4.79 Å². The van der Waals surface area contributed by atoms with Crippen LogP contribution in [-0.4, -0.2) is 44.3 Å². The second-order valence-corrected chi connectivity index (χ2v) is 5.69. The van der Waals surface area contributed by atoms with Crippen LogP contribution < -0.4 is 19.5 Å². The van der Waals surface area contributed by atoms with E-state index < -0.39 is 24.2 Å². The van der Waals surface area contributed by atoms with Crippen LogP contribution in [0.15, 0.2) is 24.3 Å². The van der Waals surface area contributed by atoms with Gasteiger partial charge in [-0.2, -0.15) is 8.78 Å². The van der Waals surface area contributed by atoms with Crippen molar-refractivity contribution in [2.75, 3.05) is 26.1 Å². The maximum Gasteiger partial charge on any atom is 0.387 e. The average molecular weight is 431 g/mol. The summed E-state index contributed by atoms with van der Waals surface area (Å²) in [6.45, 7) is -1.11. The van der Waals surface area contributed by atoms with Gasteiger partial charge in [-0.15, -0.1) is 0 Å². The number of amides is 1. The molecule has 0 spiro atoms. The molecule has 8 nitrogen and oxygen atoms in total. The minimum atomic E-state index is -3.16. The van der Waals surface area contributed by atoms with Crippen molar-refractivity contribution in [3.05, 3.63) is 40.5 Å². The Labute approximate surface area is 169 Å². The van der Waals surface area contributed by atoms with Gasteiger partial charge in [0.05, 0.1) is 37.1 Å². The zero-order valence-corrected chi connectivity index (χ0v) is 16.4. The van der Waals surface area contributed by atoms with Crippen molar-refractivity contribution in [3.8, 4) is 17.4 Å². The molecular formula is C18H17ClF2N2O6. The summed E-state index contributed by atoms with van der Waals surface area (Å²) in [4.78, 5) is 28.7. The fraction of sp³-hybridized carbons (Fsp3) is 0.278. The maximum atomic E-state index is 12.7. The molecule has 0 aliphatic carbocycles. The van der Waals surface area contributed by atoms with Crippen LogP contribution in [0.25, 0.3) is 0 Å². The standard InChI is InChI=1S/C18H17ClF2N2O6/c1-4-28-14-6-5-10(19)15(23-14)16(24)22-11-8-13(29-18(20)21)12(26-2)7-9(11)17(25)27-3/h5-8,18H,4H2,1-3H3,(H,22,24). The van der Waals surface area contributed by atoms with Gasteiger partial charge in [-0.25, -0.2) is 9.78 Å². The summed E-state index contributed by atoms with van der Waals surface area (Å²) < 4.78 is 44.6. The monoisotopic (exact) mass is 430 g/mol. The number of nitrogens with one attached hydrogen (secondary N) is 1. The Bertz CT molecular complexity index is 910. The second-order valence-electron chi connectivity index (χ2n) is 5.29. The lowest BCUT2D eigenvalue weighted by Crippen LogP contribution is -2.18. The largest absolute Gasteiger partial charge is 0.493 e. The molecule has 1 N–H and O–H groups in total. The molecule has 11 heteroatoms. The Morgan fingerprint density at radius 2 is 1.93 bits per heavy atom. The molecular weight excluding hydrogens is 414 g/mol. The Morgan fingerprint density at radius 1 is 1.21 bits per heavy atom. The van der Waals surface area contributed by atoms with Gasteiger partial charge in [0.2, 0.25) is 5.88 Å². The van der Waals surface area contributed by atoms with Crippen LogP contribution in [0.5, 0.6) is 17.4 Å². The van der Waals surface area contributed by atoms with Gasteiger partial charge in [-0.1, -0.05) is 11.6 Å². The summed E-state index contributed by atoms with van der Waals surface area (Å²) >= 11 is 6.02. The molecule has 1 heterocycles. The number of alkyl halides is 2. The van der Waals surface area contributed by atoms with Gasteiger partial charge in [0.1, 0.15) is 0 Å². The van der Waals surface area contributed by atoms with E-state index in [0.717, 1.165) is 19.2 Å². The molecule has 0 unspecified atom stereocenters. The third-order valence-corrected chi connectivity index (χ3v) is 3.81. The van der Waals surface area contributed by atoms with Crippen LogP contribution in [0.4, 0.5) is 14.5 Å².